The quantitative estimate of drug-likeness (QED) is 0.904. The molecule has 2 rings (SSSR count). The highest BCUT2D eigenvalue weighted by Gasteiger charge is 2.30. The second-order valence-electron chi connectivity index (χ2n) is 5.81. The third-order valence-electron chi connectivity index (χ3n) is 4.38. The molecule has 0 amide bonds. The van der Waals surface area contributed by atoms with Crippen LogP contribution in [0.15, 0.2) is 0 Å². The summed E-state index contributed by atoms with van der Waals surface area (Å²) in [6, 6.07) is 0. The van der Waals surface area contributed by atoms with Crippen molar-refractivity contribution in [1.29, 1.82) is 0 Å². The molecule has 0 bridgehead atoms. The minimum atomic E-state index is -0.872. The van der Waals surface area contributed by atoms with Gasteiger partial charge in [-0.05, 0) is 24.7 Å². The van der Waals surface area contributed by atoms with E-state index in [1.807, 2.05) is 6.92 Å². The lowest BCUT2D eigenvalue weighted by atomic mass is 9.96. The predicted octanol–water partition coefficient (Wildman–Crippen LogP) is 3.22. The van der Waals surface area contributed by atoms with Crippen LogP contribution in [0.1, 0.15) is 54.9 Å². The van der Waals surface area contributed by atoms with Crippen LogP contribution >= 0.6 is 11.3 Å². The summed E-state index contributed by atoms with van der Waals surface area (Å²) in [6.45, 7) is 7.97. The molecule has 1 saturated heterocycles. The number of carboxylic acids is 1. The number of carbonyl (C=O) groups is 1. The number of aromatic carboxylic acids is 1. The second kappa shape index (κ2) is 6.75. The molecule has 3 unspecified atom stereocenters. The molecule has 2 heterocycles. The number of hydrogen-bond acceptors (Lipinski definition) is 5. The van der Waals surface area contributed by atoms with Gasteiger partial charge in [-0.25, -0.2) is 9.78 Å². The summed E-state index contributed by atoms with van der Waals surface area (Å²) in [4.78, 5) is 18.6. The number of ether oxygens (including phenoxy) is 1. The number of carboxylic acid groups (broad SMARTS) is 1. The van der Waals surface area contributed by atoms with Crippen LogP contribution in [-0.2, 0) is 4.74 Å². The highest BCUT2D eigenvalue weighted by Crippen LogP contribution is 2.34. The molecule has 0 aliphatic carbocycles. The summed E-state index contributed by atoms with van der Waals surface area (Å²) in [5.74, 6) is -0.176. The van der Waals surface area contributed by atoms with E-state index in [0.717, 1.165) is 36.8 Å². The van der Waals surface area contributed by atoms with Gasteiger partial charge < -0.3 is 14.7 Å². The van der Waals surface area contributed by atoms with E-state index in [-0.39, 0.29) is 12.0 Å². The Morgan fingerprint density at radius 1 is 1.62 bits per heavy atom. The maximum Gasteiger partial charge on any atom is 0.347 e. The van der Waals surface area contributed by atoms with Crippen molar-refractivity contribution in [3.8, 4) is 0 Å². The number of aromatic nitrogens is 1. The van der Waals surface area contributed by atoms with Gasteiger partial charge >= 0.3 is 5.97 Å². The van der Waals surface area contributed by atoms with Crippen molar-refractivity contribution in [3.05, 3.63) is 10.6 Å². The minimum absolute atomic E-state index is 0.169. The van der Waals surface area contributed by atoms with Crippen LogP contribution in [0.4, 0.5) is 5.13 Å². The van der Waals surface area contributed by atoms with E-state index < -0.39 is 5.97 Å². The molecule has 118 valence electrons. The minimum Gasteiger partial charge on any atom is -0.477 e. The van der Waals surface area contributed by atoms with Gasteiger partial charge in [0.1, 0.15) is 4.88 Å². The van der Waals surface area contributed by atoms with Gasteiger partial charge in [0.2, 0.25) is 0 Å². The van der Waals surface area contributed by atoms with E-state index in [1.165, 1.54) is 11.3 Å². The zero-order chi connectivity index (χ0) is 15.6. The summed E-state index contributed by atoms with van der Waals surface area (Å²) < 4.78 is 5.53. The summed E-state index contributed by atoms with van der Waals surface area (Å²) in [5.41, 5.74) is 0.720. The molecular weight excluding hydrogens is 288 g/mol. The van der Waals surface area contributed by atoms with Crippen LogP contribution in [0.25, 0.3) is 0 Å². The molecule has 1 aliphatic rings. The van der Waals surface area contributed by atoms with Crippen LogP contribution in [0.3, 0.4) is 0 Å². The number of methoxy groups -OCH3 is 1. The van der Waals surface area contributed by atoms with Crippen molar-refractivity contribution in [2.75, 3.05) is 25.1 Å². The predicted molar refractivity (Wildman–Crippen MR) is 84.6 cm³/mol. The number of nitrogens with zero attached hydrogens (tertiary/aromatic N) is 2. The Morgan fingerprint density at radius 2 is 2.33 bits per heavy atom. The van der Waals surface area contributed by atoms with Crippen LogP contribution in [0.5, 0.6) is 0 Å². The number of rotatable bonds is 5. The van der Waals surface area contributed by atoms with Gasteiger partial charge in [0, 0.05) is 20.2 Å². The molecule has 1 N–H and O–H groups in total. The van der Waals surface area contributed by atoms with E-state index in [9.17, 15) is 9.90 Å². The Hall–Kier alpha value is -1.14. The fourth-order valence-electron chi connectivity index (χ4n) is 2.65. The molecule has 5 nitrogen and oxygen atoms in total. The van der Waals surface area contributed by atoms with E-state index in [4.69, 9.17) is 4.74 Å². The van der Waals surface area contributed by atoms with Crippen molar-refractivity contribution in [2.45, 2.75) is 45.6 Å². The van der Waals surface area contributed by atoms with Gasteiger partial charge in [0.25, 0.3) is 0 Å². The molecule has 6 heteroatoms. The number of anilines is 1. The molecule has 21 heavy (non-hydrogen) atoms. The summed E-state index contributed by atoms with van der Waals surface area (Å²) in [7, 11) is 1.74. The zero-order valence-corrected chi connectivity index (χ0v) is 13.9. The molecule has 0 saturated carbocycles. The number of piperidine rings is 1. The molecule has 0 radical (unpaired) electrons. The topological polar surface area (TPSA) is 62.7 Å². The van der Waals surface area contributed by atoms with E-state index in [0.29, 0.717) is 10.8 Å². The average molecular weight is 312 g/mol. The van der Waals surface area contributed by atoms with Crippen molar-refractivity contribution in [1.82, 2.24) is 4.98 Å². The lowest BCUT2D eigenvalue weighted by Crippen LogP contribution is -2.43. The van der Waals surface area contributed by atoms with Crippen molar-refractivity contribution in [3.63, 3.8) is 0 Å². The Balaban J connectivity index is 2.26. The molecule has 3 atom stereocenters. The maximum atomic E-state index is 11.4. The van der Waals surface area contributed by atoms with Crippen LogP contribution in [0.2, 0.25) is 0 Å². The lowest BCUT2D eigenvalue weighted by molar-refractivity contribution is 0.0498. The zero-order valence-electron chi connectivity index (χ0n) is 13.1. The smallest absolute Gasteiger partial charge is 0.347 e. The monoisotopic (exact) mass is 312 g/mol. The Labute approximate surface area is 129 Å². The van der Waals surface area contributed by atoms with Gasteiger partial charge in [-0.3, -0.25) is 0 Å². The van der Waals surface area contributed by atoms with E-state index in [1.54, 1.807) is 7.11 Å². The fraction of sp³-hybridized carbons (Fsp3) is 0.733. The van der Waals surface area contributed by atoms with Gasteiger partial charge in [-0.2, -0.15) is 0 Å². The SMILES string of the molecule is CCC(C)c1nc(N2CCC(C)C(OC)C2)sc1C(=O)O. The summed E-state index contributed by atoms with van der Waals surface area (Å²) in [6.07, 6.45) is 2.11. The number of thiazole rings is 1. The maximum absolute atomic E-state index is 11.4. The van der Waals surface area contributed by atoms with Gasteiger partial charge in [0.15, 0.2) is 5.13 Å². The standard InChI is InChI=1S/C15H24N2O3S/c1-5-9(2)12-13(14(18)19)21-15(16-12)17-7-6-10(3)11(8-17)20-4/h9-11H,5-8H2,1-4H3,(H,18,19). The molecule has 1 fully saturated rings. The highest BCUT2D eigenvalue weighted by atomic mass is 32.1. The molecule has 0 aromatic carbocycles. The van der Waals surface area contributed by atoms with Gasteiger partial charge in [0.05, 0.1) is 11.8 Å². The van der Waals surface area contributed by atoms with Crippen molar-refractivity contribution >= 4 is 22.4 Å². The summed E-state index contributed by atoms with van der Waals surface area (Å²) >= 11 is 1.29. The molecule has 1 aromatic heterocycles. The highest BCUT2D eigenvalue weighted by molar-refractivity contribution is 7.17. The normalized spacial score (nSPS) is 24.1. The van der Waals surface area contributed by atoms with E-state index in [2.05, 4.69) is 23.7 Å². The lowest BCUT2D eigenvalue weighted by Gasteiger charge is -2.36. The molecule has 1 aromatic rings. The fourth-order valence-corrected chi connectivity index (χ4v) is 3.71. The first-order valence-corrected chi connectivity index (χ1v) is 8.31. The Morgan fingerprint density at radius 3 is 2.90 bits per heavy atom. The van der Waals surface area contributed by atoms with E-state index >= 15 is 0 Å². The van der Waals surface area contributed by atoms with Crippen LogP contribution < -0.4 is 4.90 Å². The Kier molecular flexibility index (Phi) is 5.22. The van der Waals surface area contributed by atoms with Crippen molar-refractivity contribution in [2.24, 2.45) is 5.92 Å². The van der Waals surface area contributed by atoms with Crippen LogP contribution in [-0.4, -0.2) is 42.4 Å². The molecule has 1 aliphatic heterocycles. The number of hydrogen-bond donors (Lipinski definition) is 1. The summed E-state index contributed by atoms with van der Waals surface area (Å²) in [5, 5.41) is 10.2. The third kappa shape index (κ3) is 3.37. The Bertz CT molecular complexity index is 503. The molecular formula is C15H24N2O3S. The third-order valence-corrected chi connectivity index (χ3v) is 5.50. The first-order valence-electron chi connectivity index (χ1n) is 7.49. The first kappa shape index (κ1) is 16.2. The largest absolute Gasteiger partial charge is 0.477 e. The second-order valence-corrected chi connectivity index (χ2v) is 6.79. The van der Waals surface area contributed by atoms with Gasteiger partial charge in [-0.15, -0.1) is 0 Å². The van der Waals surface area contributed by atoms with Crippen LogP contribution in [0, 0.1) is 5.92 Å². The first-order chi connectivity index (χ1) is 9.97. The average Bonchev–Trinajstić information content (AvgIpc) is 2.92. The van der Waals surface area contributed by atoms with Gasteiger partial charge in [-0.1, -0.05) is 32.1 Å². The van der Waals surface area contributed by atoms with Crippen molar-refractivity contribution < 1.29 is 14.6 Å². The molecule has 0 spiro atoms.